The van der Waals surface area contributed by atoms with E-state index in [-0.39, 0.29) is 41.6 Å². The number of carbonyl (C=O) groups excluding carboxylic acids is 2. The molecule has 0 aromatic carbocycles. The average Bonchev–Trinajstić information content (AvgIpc) is 2.65. The van der Waals surface area contributed by atoms with E-state index >= 15 is 0 Å². The van der Waals surface area contributed by atoms with Crippen molar-refractivity contribution in [2.24, 2.45) is 21.7 Å². The van der Waals surface area contributed by atoms with Crippen LogP contribution in [-0.4, -0.2) is 69.5 Å². The molecule has 0 N–H and O–H groups in total. The molecule has 0 saturated carbocycles. The summed E-state index contributed by atoms with van der Waals surface area (Å²) in [7, 11) is 6.58. The first-order chi connectivity index (χ1) is 15.0. The zero-order valence-corrected chi connectivity index (χ0v) is 24.9. The van der Waals surface area contributed by atoms with Crippen LogP contribution in [0.15, 0.2) is 0 Å². The lowest BCUT2D eigenvalue weighted by molar-refractivity contribution is -0.877. The molecule has 0 fully saturated rings. The molecule has 0 rings (SSSR count). The van der Waals surface area contributed by atoms with Gasteiger partial charge in [-0.25, -0.2) is 0 Å². The van der Waals surface area contributed by atoms with Gasteiger partial charge in [0.15, 0.2) is 0 Å². The monoisotopic (exact) mass is 486 g/mol. The molecule has 0 bridgehead atoms. The minimum absolute atomic E-state index is 0.0681. The van der Waals surface area contributed by atoms with E-state index < -0.39 is 10.8 Å². The van der Waals surface area contributed by atoms with Crippen LogP contribution in [0.1, 0.15) is 95.4 Å². The van der Waals surface area contributed by atoms with Crippen molar-refractivity contribution in [3.8, 4) is 0 Å². The largest absolute Gasteiger partial charge is 0.465 e. The Kier molecular flexibility index (Phi) is 11.3. The Hall–Kier alpha value is -1.14. The fourth-order valence-corrected chi connectivity index (χ4v) is 4.30. The summed E-state index contributed by atoms with van der Waals surface area (Å²) in [5.41, 5.74) is -2.18. The van der Waals surface area contributed by atoms with Crippen LogP contribution in [0.4, 0.5) is 0 Å². The van der Waals surface area contributed by atoms with E-state index in [0.717, 1.165) is 23.9 Å². The first kappa shape index (κ1) is 32.9. The van der Waals surface area contributed by atoms with Crippen molar-refractivity contribution in [1.82, 2.24) is 0 Å². The van der Waals surface area contributed by atoms with Gasteiger partial charge in [-0.1, -0.05) is 41.5 Å². The van der Waals surface area contributed by atoms with Crippen molar-refractivity contribution in [3.05, 3.63) is 0 Å². The Labute approximate surface area is 210 Å². The molecule has 0 amide bonds. The predicted molar refractivity (Wildman–Crippen MR) is 139 cm³/mol. The Morgan fingerprint density at radius 2 is 1.18 bits per heavy atom. The SMILES string of the molecule is CCC(C)(C)OCC(C)(COC(=O)C(C)(C)CC)C(=O)OCC(C)(C)CC(C)(C)C[N+](C)(C)C. The number of quaternary nitrogens is 1. The van der Waals surface area contributed by atoms with Gasteiger partial charge in [0, 0.05) is 5.41 Å². The van der Waals surface area contributed by atoms with E-state index in [1.807, 2.05) is 41.5 Å². The number of nitrogens with zero attached hydrogens (tertiary/aromatic N) is 1. The summed E-state index contributed by atoms with van der Waals surface area (Å²) >= 11 is 0. The van der Waals surface area contributed by atoms with Gasteiger partial charge < -0.3 is 18.7 Å². The molecule has 1 unspecified atom stereocenters. The Bertz CT molecular complexity index is 673. The fourth-order valence-electron chi connectivity index (χ4n) is 4.30. The molecule has 0 spiro atoms. The minimum Gasteiger partial charge on any atom is -0.465 e. The Morgan fingerprint density at radius 1 is 0.676 bits per heavy atom. The van der Waals surface area contributed by atoms with E-state index in [4.69, 9.17) is 14.2 Å². The lowest BCUT2D eigenvalue weighted by atomic mass is 9.75. The van der Waals surface area contributed by atoms with Crippen molar-refractivity contribution in [3.63, 3.8) is 0 Å². The Morgan fingerprint density at radius 3 is 1.62 bits per heavy atom. The molecule has 202 valence electrons. The van der Waals surface area contributed by atoms with Gasteiger partial charge in [0.2, 0.25) is 0 Å². The van der Waals surface area contributed by atoms with Gasteiger partial charge in [-0.15, -0.1) is 0 Å². The van der Waals surface area contributed by atoms with Gasteiger partial charge in [0.1, 0.15) is 12.0 Å². The fraction of sp³-hybridized carbons (Fsp3) is 0.929. The van der Waals surface area contributed by atoms with E-state index in [1.54, 1.807) is 6.92 Å². The second-order valence-corrected chi connectivity index (χ2v) is 14.3. The van der Waals surface area contributed by atoms with Crippen LogP contribution in [0, 0.1) is 21.7 Å². The van der Waals surface area contributed by atoms with Crippen molar-refractivity contribution in [2.75, 3.05) is 47.5 Å². The number of rotatable bonds is 15. The highest BCUT2D eigenvalue weighted by Crippen LogP contribution is 2.36. The van der Waals surface area contributed by atoms with E-state index in [1.165, 1.54) is 0 Å². The van der Waals surface area contributed by atoms with E-state index in [0.29, 0.717) is 13.0 Å². The summed E-state index contributed by atoms with van der Waals surface area (Å²) in [6, 6.07) is 0. The maximum atomic E-state index is 13.3. The summed E-state index contributed by atoms with van der Waals surface area (Å²) in [6.07, 6.45) is 2.37. The first-order valence-electron chi connectivity index (χ1n) is 12.8. The zero-order chi connectivity index (χ0) is 27.2. The number of ether oxygens (including phenoxy) is 3. The van der Waals surface area contributed by atoms with Crippen LogP contribution in [0.3, 0.4) is 0 Å². The van der Waals surface area contributed by atoms with Crippen molar-refractivity contribution in [1.29, 1.82) is 0 Å². The summed E-state index contributed by atoms with van der Waals surface area (Å²) < 4.78 is 18.5. The van der Waals surface area contributed by atoms with E-state index in [2.05, 4.69) is 48.8 Å². The van der Waals surface area contributed by atoms with Gasteiger partial charge in [-0.3, -0.25) is 9.59 Å². The van der Waals surface area contributed by atoms with Gasteiger partial charge in [0.25, 0.3) is 0 Å². The molecule has 1 atom stereocenters. The van der Waals surface area contributed by atoms with Gasteiger partial charge >= 0.3 is 11.9 Å². The molecular weight excluding hydrogens is 430 g/mol. The lowest BCUT2D eigenvalue weighted by Crippen LogP contribution is -2.46. The third kappa shape index (κ3) is 12.0. The highest BCUT2D eigenvalue weighted by molar-refractivity contribution is 5.79. The summed E-state index contributed by atoms with van der Waals surface area (Å²) in [5, 5.41) is 0. The normalized spacial score (nSPS) is 15.6. The molecule has 0 aromatic rings. The molecular formula is C28H56NO5+. The van der Waals surface area contributed by atoms with E-state index in [9.17, 15) is 9.59 Å². The molecule has 0 radical (unpaired) electrons. The molecule has 0 aliphatic carbocycles. The third-order valence-electron chi connectivity index (χ3n) is 6.54. The summed E-state index contributed by atoms with van der Waals surface area (Å²) in [6.45, 7) is 23.6. The number of hydrogen-bond acceptors (Lipinski definition) is 5. The second kappa shape index (κ2) is 11.7. The molecule has 6 nitrogen and oxygen atoms in total. The highest BCUT2D eigenvalue weighted by atomic mass is 16.6. The molecule has 34 heavy (non-hydrogen) atoms. The van der Waals surface area contributed by atoms with Crippen LogP contribution >= 0.6 is 0 Å². The molecule has 0 aliphatic rings. The first-order valence-corrected chi connectivity index (χ1v) is 12.8. The minimum atomic E-state index is -1.08. The van der Waals surface area contributed by atoms with Crippen LogP contribution < -0.4 is 0 Å². The highest BCUT2D eigenvalue weighted by Gasteiger charge is 2.42. The van der Waals surface area contributed by atoms with Crippen LogP contribution in [-0.2, 0) is 23.8 Å². The number of esters is 2. The lowest BCUT2D eigenvalue weighted by Gasteiger charge is -2.39. The zero-order valence-electron chi connectivity index (χ0n) is 24.9. The Balaban J connectivity index is 5.45. The smallest absolute Gasteiger partial charge is 0.317 e. The maximum Gasteiger partial charge on any atom is 0.317 e. The maximum absolute atomic E-state index is 13.3. The molecule has 0 saturated heterocycles. The second-order valence-electron chi connectivity index (χ2n) is 14.3. The standard InChI is InChI=1S/C28H56NO5/c1-15-26(7,8)22(30)33-20-28(11,21-34-27(9,10)16-2)23(31)32-19-25(5,6)17-24(3,4)18-29(12,13)14/h15-21H2,1-14H3/q+1. The quantitative estimate of drug-likeness (QED) is 0.214. The van der Waals surface area contributed by atoms with Crippen molar-refractivity contribution >= 4 is 11.9 Å². The average molecular weight is 487 g/mol. The molecule has 0 heterocycles. The number of hydrogen-bond donors (Lipinski definition) is 0. The topological polar surface area (TPSA) is 61.8 Å². The van der Waals surface area contributed by atoms with Gasteiger partial charge in [-0.2, -0.15) is 0 Å². The van der Waals surface area contributed by atoms with Crippen LogP contribution in [0.5, 0.6) is 0 Å². The van der Waals surface area contributed by atoms with Crippen molar-refractivity contribution in [2.45, 2.75) is 101 Å². The molecule has 0 aliphatic heterocycles. The van der Waals surface area contributed by atoms with Gasteiger partial charge in [-0.05, 0) is 59.3 Å². The van der Waals surface area contributed by atoms with Crippen LogP contribution in [0.25, 0.3) is 0 Å². The predicted octanol–water partition coefficient (Wildman–Crippen LogP) is 5.87. The van der Waals surface area contributed by atoms with Crippen LogP contribution in [0.2, 0.25) is 0 Å². The van der Waals surface area contributed by atoms with Crippen molar-refractivity contribution < 1.29 is 28.3 Å². The van der Waals surface area contributed by atoms with Gasteiger partial charge in [0.05, 0.1) is 51.9 Å². The summed E-state index contributed by atoms with van der Waals surface area (Å²) in [4.78, 5) is 25.9. The summed E-state index contributed by atoms with van der Waals surface area (Å²) in [5.74, 6) is -0.704. The third-order valence-corrected chi connectivity index (χ3v) is 6.54. The molecule has 6 heteroatoms. The molecule has 0 aromatic heterocycles. The number of carbonyl (C=O) groups is 2.